The molecule has 0 saturated heterocycles. The number of ether oxygens (including phenoxy) is 5. The van der Waals surface area contributed by atoms with Crippen LogP contribution in [-0.4, -0.2) is 47.7 Å². The number of aryl methyl sites for hydroxylation is 2. The first-order valence-electron chi connectivity index (χ1n) is 19.8. The van der Waals surface area contributed by atoms with Crippen LogP contribution in [0.3, 0.4) is 0 Å². The van der Waals surface area contributed by atoms with E-state index in [0.717, 1.165) is 44.9 Å². The Bertz CT molecular complexity index is 1560. The predicted molar refractivity (Wildman–Crippen MR) is 211 cm³/mol. The van der Waals surface area contributed by atoms with E-state index in [1.165, 1.54) is 24.6 Å². The van der Waals surface area contributed by atoms with Crippen molar-refractivity contribution in [2.75, 3.05) is 13.2 Å². The molecule has 3 rings (SSSR count). The lowest BCUT2D eigenvalue weighted by molar-refractivity contribution is -0.134. The summed E-state index contributed by atoms with van der Waals surface area (Å²) in [6, 6.07) is 10.6. The number of benzene rings is 1. The van der Waals surface area contributed by atoms with Crippen LogP contribution in [0.15, 0.2) is 48.7 Å². The maximum Gasteiger partial charge on any atom is 0.508 e. The van der Waals surface area contributed by atoms with Gasteiger partial charge in [-0.05, 0) is 101 Å². The van der Waals surface area contributed by atoms with E-state index in [1.54, 1.807) is 6.92 Å². The second-order valence-corrected chi connectivity index (χ2v) is 14.0. The van der Waals surface area contributed by atoms with Crippen LogP contribution in [0.2, 0.25) is 0 Å². The van der Waals surface area contributed by atoms with E-state index >= 15 is 0 Å². The minimum absolute atomic E-state index is 0.136. The van der Waals surface area contributed by atoms with Crippen molar-refractivity contribution in [1.82, 2.24) is 4.98 Å². The molecule has 1 heterocycles. The van der Waals surface area contributed by atoms with Crippen LogP contribution in [0.1, 0.15) is 125 Å². The lowest BCUT2D eigenvalue weighted by atomic mass is 9.87. The second-order valence-electron chi connectivity index (χ2n) is 14.0. The van der Waals surface area contributed by atoms with Crippen molar-refractivity contribution in [3.63, 3.8) is 0 Å². The van der Waals surface area contributed by atoms with Gasteiger partial charge in [-0.15, -0.1) is 24.7 Å². The van der Waals surface area contributed by atoms with Crippen molar-refractivity contribution in [2.24, 2.45) is 11.8 Å². The lowest BCUT2D eigenvalue weighted by Crippen LogP contribution is -2.18. The van der Waals surface area contributed by atoms with Gasteiger partial charge in [0.05, 0.1) is 25.0 Å². The van der Waals surface area contributed by atoms with Crippen molar-refractivity contribution in [3.05, 3.63) is 71.1 Å². The third-order valence-electron chi connectivity index (χ3n) is 9.81. The van der Waals surface area contributed by atoms with E-state index in [1.807, 2.05) is 6.07 Å². The molecule has 298 valence electrons. The third kappa shape index (κ3) is 17.9. The minimum Gasteiger partial charge on any atom is -0.434 e. The molecule has 55 heavy (non-hydrogen) atoms. The quantitative estimate of drug-likeness (QED) is 0.0452. The molecule has 0 unspecified atom stereocenters. The predicted octanol–water partition coefficient (Wildman–Crippen LogP) is 9.52. The summed E-state index contributed by atoms with van der Waals surface area (Å²) in [5.74, 6) is 5.56. The number of esters is 1. The molecule has 0 aliphatic heterocycles. The van der Waals surface area contributed by atoms with E-state index in [2.05, 4.69) is 53.2 Å². The van der Waals surface area contributed by atoms with Gasteiger partial charge in [0.15, 0.2) is 5.75 Å². The molecule has 1 aliphatic rings. The van der Waals surface area contributed by atoms with Gasteiger partial charge in [0, 0.05) is 36.6 Å². The molecule has 1 aliphatic carbocycles. The number of aliphatic hydroxyl groups is 1. The molecule has 10 heteroatoms. The van der Waals surface area contributed by atoms with Gasteiger partial charge in [0.1, 0.15) is 13.2 Å². The summed E-state index contributed by atoms with van der Waals surface area (Å²) < 4.78 is 26.7. The SMILES string of the molecule is C#CCCCCOC(=O)OCc1cnc(C)c(OC(=O)CCC/C=C\C[C@H]2CC[C@@H](O)[C@@H]2CCCCCc2ccccc2)c1COC(=O)OCCCCC#C. The molecule has 10 nitrogen and oxygen atoms in total. The average Bonchev–Trinajstić information content (AvgIpc) is 3.54. The molecule has 0 bridgehead atoms. The number of allylic oxidation sites excluding steroid dienone is 2. The number of aromatic nitrogens is 1. The van der Waals surface area contributed by atoms with Crippen molar-refractivity contribution in [2.45, 2.75) is 135 Å². The maximum absolute atomic E-state index is 13.0. The highest BCUT2D eigenvalue weighted by Gasteiger charge is 2.33. The number of terminal acetylenes is 2. The number of hydrogen-bond acceptors (Lipinski definition) is 10. The first-order valence-corrected chi connectivity index (χ1v) is 19.8. The van der Waals surface area contributed by atoms with Crippen molar-refractivity contribution < 1.29 is 43.2 Å². The van der Waals surface area contributed by atoms with Crippen molar-refractivity contribution in [3.8, 4) is 30.4 Å². The topological polar surface area (TPSA) is 130 Å². The van der Waals surface area contributed by atoms with Crippen LogP contribution in [0, 0.1) is 43.4 Å². The number of pyridine rings is 1. The number of carbonyl (C=O) groups is 3. The van der Waals surface area contributed by atoms with E-state index in [9.17, 15) is 19.5 Å². The second kappa shape index (κ2) is 26.9. The van der Waals surface area contributed by atoms with Crippen LogP contribution in [0.25, 0.3) is 0 Å². The molecular formula is C45H59NO9. The zero-order valence-electron chi connectivity index (χ0n) is 32.5. The molecule has 1 N–H and O–H groups in total. The molecule has 1 fully saturated rings. The first-order chi connectivity index (χ1) is 26.8. The highest BCUT2D eigenvalue weighted by atomic mass is 16.7. The summed E-state index contributed by atoms with van der Waals surface area (Å²) in [5.41, 5.74) is 2.49. The van der Waals surface area contributed by atoms with Gasteiger partial charge in [-0.1, -0.05) is 55.3 Å². The van der Waals surface area contributed by atoms with E-state index in [-0.39, 0.29) is 44.7 Å². The zero-order chi connectivity index (χ0) is 39.5. The number of aliphatic hydroxyl groups excluding tert-OH is 1. The fourth-order valence-corrected chi connectivity index (χ4v) is 6.71. The zero-order valence-corrected chi connectivity index (χ0v) is 32.5. The van der Waals surface area contributed by atoms with Gasteiger partial charge in [-0.2, -0.15) is 0 Å². The number of carbonyl (C=O) groups excluding carboxylic acids is 3. The summed E-state index contributed by atoms with van der Waals surface area (Å²) in [4.78, 5) is 42.0. The van der Waals surface area contributed by atoms with E-state index in [4.69, 9.17) is 36.5 Å². The van der Waals surface area contributed by atoms with Gasteiger partial charge in [0.25, 0.3) is 0 Å². The third-order valence-corrected chi connectivity index (χ3v) is 9.81. The summed E-state index contributed by atoms with van der Waals surface area (Å²) >= 11 is 0. The Morgan fingerprint density at radius 3 is 2.22 bits per heavy atom. The van der Waals surface area contributed by atoms with Gasteiger partial charge >= 0.3 is 18.3 Å². The minimum atomic E-state index is -0.894. The molecule has 3 atom stereocenters. The summed E-state index contributed by atoms with van der Waals surface area (Å²) in [6.07, 6.45) is 28.0. The highest BCUT2D eigenvalue weighted by molar-refractivity contribution is 5.73. The maximum atomic E-state index is 13.0. The van der Waals surface area contributed by atoms with Crippen molar-refractivity contribution in [1.29, 1.82) is 0 Å². The number of rotatable bonds is 25. The summed E-state index contributed by atoms with van der Waals surface area (Å²) in [6.45, 7) is 1.43. The van der Waals surface area contributed by atoms with E-state index < -0.39 is 18.3 Å². The fourth-order valence-electron chi connectivity index (χ4n) is 6.71. The van der Waals surface area contributed by atoms with E-state index in [0.29, 0.717) is 73.6 Å². The Hall–Kier alpha value is -4.80. The number of nitrogens with zero attached hydrogens (tertiary/aromatic N) is 1. The monoisotopic (exact) mass is 757 g/mol. The van der Waals surface area contributed by atoms with Crippen LogP contribution >= 0.6 is 0 Å². The number of unbranched alkanes of at least 4 members (excludes halogenated alkanes) is 7. The molecule has 1 aromatic heterocycles. The molecule has 0 amide bonds. The van der Waals surface area contributed by atoms with Crippen LogP contribution in [0.4, 0.5) is 9.59 Å². The fraction of sp³-hybridized carbons (Fsp3) is 0.556. The number of hydrogen-bond donors (Lipinski definition) is 1. The van der Waals surface area contributed by atoms with Crippen LogP contribution in [0.5, 0.6) is 5.75 Å². The normalized spacial score (nSPS) is 16.3. The van der Waals surface area contributed by atoms with Crippen LogP contribution < -0.4 is 4.74 Å². The Labute approximate surface area is 327 Å². The largest absolute Gasteiger partial charge is 0.508 e. The standard InChI is InChI=1S/C45H59NO9/c1-4-6-8-20-30-51-44(49)53-33-38-32-46-35(3)43(40(38)34-54-45(50)52-31-21-9-7-5-2)55-42(48)27-19-11-10-17-25-37-28-29-41(47)39(37)26-18-13-16-24-36-22-14-12-15-23-36/h1-2,10,12,14-15,17,22-23,32,37,39,41,47H,6-9,11,13,16,18-21,24-31,33-34H2,3H3/b17-10-/t37-,39+,41+/m0/s1. The Morgan fingerprint density at radius 2 is 1.53 bits per heavy atom. The van der Waals surface area contributed by atoms with Gasteiger partial charge in [-0.3, -0.25) is 9.78 Å². The van der Waals surface area contributed by atoms with Gasteiger partial charge in [0.2, 0.25) is 0 Å². The lowest BCUT2D eigenvalue weighted by Gasteiger charge is -2.21. The van der Waals surface area contributed by atoms with Gasteiger partial charge < -0.3 is 28.8 Å². The molecule has 2 aromatic rings. The Balaban J connectivity index is 1.48. The highest BCUT2D eigenvalue weighted by Crippen LogP contribution is 2.38. The smallest absolute Gasteiger partial charge is 0.434 e. The molecule has 0 spiro atoms. The Morgan fingerprint density at radius 1 is 0.836 bits per heavy atom. The summed E-state index contributed by atoms with van der Waals surface area (Å²) in [5, 5.41) is 10.7. The molecule has 0 radical (unpaired) electrons. The van der Waals surface area contributed by atoms with Crippen LogP contribution in [-0.2, 0) is 43.4 Å². The Kier molecular flexibility index (Phi) is 21.8. The van der Waals surface area contributed by atoms with Gasteiger partial charge in [-0.25, -0.2) is 9.59 Å². The first kappa shape index (κ1) is 44.6. The van der Waals surface area contributed by atoms with Crippen molar-refractivity contribution >= 4 is 18.3 Å². The molecule has 1 aromatic carbocycles. The molecule has 1 saturated carbocycles. The molecular weight excluding hydrogens is 698 g/mol. The summed E-state index contributed by atoms with van der Waals surface area (Å²) in [7, 11) is 0. The average molecular weight is 758 g/mol.